The van der Waals surface area contributed by atoms with Crippen molar-refractivity contribution in [3.8, 4) is 0 Å². The topological polar surface area (TPSA) is 33.5 Å². The van der Waals surface area contributed by atoms with Crippen LogP contribution in [0.1, 0.15) is 11.1 Å². The normalized spacial score (nSPS) is 12.0. The number of quaternary nitrogens is 1. The van der Waals surface area contributed by atoms with Crippen molar-refractivity contribution in [2.24, 2.45) is 0 Å². The lowest BCUT2D eigenvalue weighted by Crippen LogP contribution is -3.08. The largest absolute Gasteiger partial charge is 0.326 e. The Kier molecular flexibility index (Phi) is 5.52. The Morgan fingerprint density at radius 1 is 1.23 bits per heavy atom. The number of anilines is 1. The fraction of sp³-hybridized carbons (Fsp3) is 0.235. The Bertz CT molecular complexity index is 658. The number of halogens is 2. The van der Waals surface area contributed by atoms with Gasteiger partial charge in [-0.25, -0.2) is 4.39 Å². The van der Waals surface area contributed by atoms with Crippen LogP contribution in [0.2, 0.25) is 5.02 Å². The van der Waals surface area contributed by atoms with Crippen molar-refractivity contribution in [1.29, 1.82) is 0 Å². The summed E-state index contributed by atoms with van der Waals surface area (Å²) >= 11 is 6.04. The van der Waals surface area contributed by atoms with Crippen molar-refractivity contribution in [3.05, 3.63) is 64.4 Å². The van der Waals surface area contributed by atoms with E-state index in [2.05, 4.69) is 5.32 Å². The Hall–Kier alpha value is -1.91. The van der Waals surface area contributed by atoms with Crippen LogP contribution in [-0.2, 0) is 11.3 Å². The molecule has 2 aromatic carbocycles. The Labute approximate surface area is 134 Å². The molecule has 0 saturated carbocycles. The summed E-state index contributed by atoms with van der Waals surface area (Å²) in [5.74, 6) is -0.333. The molecular formula is C17H19ClFN2O+. The van der Waals surface area contributed by atoms with Gasteiger partial charge in [0.1, 0.15) is 12.4 Å². The second-order valence-electron chi connectivity index (χ2n) is 5.40. The van der Waals surface area contributed by atoms with Crippen molar-refractivity contribution in [2.45, 2.75) is 13.5 Å². The lowest BCUT2D eigenvalue weighted by atomic mass is 10.2. The fourth-order valence-corrected chi connectivity index (χ4v) is 2.40. The van der Waals surface area contributed by atoms with Crippen LogP contribution >= 0.6 is 11.6 Å². The van der Waals surface area contributed by atoms with Gasteiger partial charge in [-0.15, -0.1) is 0 Å². The van der Waals surface area contributed by atoms with E-state index in [0.29, 0.717) is 18.1 Å². The summed E-state index contributed by atoms with van der Waals surface area (Å²) < 4.78 is 12.9. The number of likely N-dealkylation sites (N-methyl/N-ethyl adjacent to an activating group) is 1. The van der Waals surface area contributed by atoms with Crippen LogP contribution in [0.5, 0.6) is 0 Å². The number of hydrogen-bond acceptors (Lipinski definition) is 1. The highest BCUT2D eigenvalue weighted by Crippen LogP contribution is 2.22. The molecule has 22 heavy (non-hydrogen) atoms. The van der Waals surface area contributed by atoms with E-state index in [1.807, 2.05) is 20.0 Å². The number of carbonyl (C=O) groups is 1. The van der Waals surface area contributed by atoms with Gasteiger partial charge in [0.25, 0.3) is 5.91 Å². The number of carbonyl (C=O) groups excluding carboxylic acids is 1. The third-order valence-electron chi connectivity index (χ3n) is 3.42. The zero-order chi connectivity index (χ0) is 16.1. The number of hydrogen-bond donors (Lipinski definition) is 2. The number of rotatable bonds is 5. The number of benzene rings is 2. The second-order valence-corrected chi connectivity index (χ2v) is 5.80. The predicted molar refractivity (Wildman–Crippen MR) is 86.7 cm³/mol. The third kappa shape index (κ3) is 4.55. The van der Waals surface area contributed by atoms with Gasteiger partial charge in [0.2, 0.25) is 0 Å². The van der Waals surface area contributed by atoms with Crippen LogP contribution in [0, 0.1) is 12.7 Å². The monoisotopic (exact) mass is 321 g/mol. The average molecular weight is 322 g/mol. The molecule has 0 radical (unpaired) electrons. The summed E-state index contributed by atoms with van der Waals surface area (Å²) in [4.78, 5) is 13.1. The lowest BCUT2D eigenvalue weighted by molar-refractivity contribution is -0.885. The Balaban J connectivity index is 1.91. The maximum Gasteiger partial charge on any atom is 0.279 e. The smallest absolute Gasteiger partial charge is 0.279 e. The minimum absolute atomic E-state index is 0.0787. The highest BCUT2D eigenvalue weighted by molar-refractivity contribution is 6.31. The molecule has 3 nitrogen and oxygen atoms in total. The van der Waals surface area contributed by atoms with Gasteiger partial charge in [-0.3, -0.25) is 4.79 Å². The van der Waals surface area contributed by atoms with Crippen LogP contribution in [0.25, 0.3) is 0 Å². The van der Waals surface area contributed by atoms with Crippen molar-refractivity contribution in [1.82, 2.24) is 0 Å². The van der Waals surface area contributed by atoms with E-state index in [4.69, 9.17) is 11.6 Å². The molecule has 1 amide bonds. The van der Waals surface area contributed by atoms with Crippen LogP contribution in [0.15, 0.2) is 42.5 Å². The molecule has 2 aromatic rings. The molecule has 5 heteroatoms. The van der Waals surface area contributed by atoms with Gasteiger partial charge in [0, 0.05) is 16.3 Å². The maximum absolute atomic E-state index is 12.9. The average Bonchev–Trinajstić information content (AvgIpc) is 2.46. The molecule has 0 fully saturated rings. The molecule has 0 aromatic heterocycles. The van der Waals surface area contributed by atoms with E-state index < -0.39 is 0 Å². The standard InChI is InChI=1S/C17H18ClFN2O/c1-12-15(18)4-3-5-16(12)20-17(22)11-21(2)10-13-6-8-14(19)9-7-13/h3-9H,10-11H2,1-2H3,(H,20,22)/p+1. The first-order chi connectivity index (χ1) is 10.5. The maximum atomic E-state index is 12.9. The number of amides is 1. The van der Waals surface area contributed by atoms with Crippen LogP contribution in [0.3, 0.4) is 0 Å². The van der Waals surface area contributed by atoms with Gasteiger partial charge in [0.15, 0.2) is 6.54 Å². The minimum atomic E-state index is -0.254. The van der Waals surface area contributed by atoms with E-state index in [-0.39, 0.29) is 11.7 Å². The second kappa shape index (κ2) is 7.38. The molecule has 2 N–H and O–H groups in total. The highest BCUT2D eigenvalue weighted by Gasteiger charge is 2.12. The van der Waals surface area contributed by atoms with Crippen molar-refractivity contribution >= 4 is 23.2 Å². The molecule has 116 valence electrons. The molecule has 0 heterocycles. The van der Waals surface area contributed by atoms with Gasteiger partial charge in [-0.2, -0.15) is 0 Å². The summed E-state index contributed by atoms with van der Waals surface area (Å²) in [7, 11) is 1.92. The van der Waals surface area contributed by atoms with E-state index in [0.717, 1.165) is 21.7 Å². The van der Waals surface area contributed by atoms with Gasteiger partial charge in [0.05, 0.1) is 7.05 Å². The highest BCUT2D eigenvalue weighted by atomic mass is 35.5. The predicted octanol–water partition coefficient (Wildman–Crippen LogP) is 2.44. The molecule has 1 atom stereocenters. The van der Waals surface area contributed by atoms with Gasteiger partial charge >= 0.3 is 0 Å². The summed E-state index contributed by atoms with van der Waals surface area (Å²) in [5.41, 5.74) is 2.58. The zero-order valence-electron chi connectivity index (χ0n) is 12.6. The molecule has 0 aliphatic carbocycles. The van der Waals surface area contributed by atoms with Crippen LogP contribution in [-0.4, -0.2) is 19.5 Å². The SMILES string of the molecule is Cc1c(Cl)cccc1NC(=O)C[NH+](C)Cc1ccc(F)cc1. The molecule has 0 spiro atoms. The molecule has 0 aliphatic heterocycles. The Morgan fingerprint density at radius 3 is 2.59 bits per heavy atom. The molecule has 0 saturated heterocycles. The van der Waals surface area contributed by atoms with Crippen molar-refractivity contribution in [3.63, 3.8) is 0 Å². The van der Waals surface area contributed by atoms with E-state index >= 15 is 0 Å². The number of nitrogens with one attached hydrogen (secondary N) is 2. The first-order valence-corrected chi connectivity index (χ1v) is 7.44. The lowest BCUT2D eigenvalue weighted by Gasteiger charge is -2.15. The fourth-order valence-electron chi connectivity index (χ4n) is 2.22. The van der Waals surface area contributed by atoms with E-state index in [9.17, 15) is 9.18 Å². The van der Waals surface area contributed by atoms with E-state index in [1.54, 1.807) is 24.3 Å². The van der Waals surface area contributed by atoms with Gasteiger partial charge < -0.3 is 10.2 Å². The molecule has 2 rings (SSSR count). The van der Waals surface area contributed by atoms with Crippen LogP contribution < -0.4 is 10.2 Å². The first kappa shape index (κ1) is 16.5. The summed E-state index contributed by atoms with van der Waals surface area (Å²) in [6.45, 7) is 2.85. The molecule has 0 aliphatic rings. The minimum Gasteiger partial charge on any atom is -0.326 e. The molecular weight excluding hydrogens is 303 g/mol. The summed E-state index contributed by atoms with van der Waals surface area (Å²) in [6, 6.07) is 11.7. The quantitative estimate of drug-likeness (QED) is 0.871. The molecule has 1 unspecified atom stereocenters. The van der Waals surface area contributed by atoms with Gasteiger partial charge in [-0.1, -0.05) is 29.8 Å². The molecule has 0 bridgehead atoms. The van der Waals surface area contributed by atoms with Crippen molar-refractivity contribution < 1.29 is 14.1 Å². The summed E-state index contributed by atoms with van der Waals surface area (Å²) in [5, 5.41) is 3.50. The zero-order valence-corrected chi connectivity index (χ0v) is 13.4. The van der Waals surface area contributed by atoms with E-state index in [1.165, 1.54) is 12.1 Å². The first-order valence-electron chi connectivity index (χ1n) is 7.06. The third-order valence-corrected chi connectivity index (χ3v) is 3.83. The van der Waals surface area contributed by atoms with Crippen LogP contribution in [0.4, 0.5) is 10.1 Å². The summed E-state index contributed by atoms with van der Waals surface area (Å²) in [6.07, 6.45) is 0. The van der Waals surface area contributed by atoms with Gasteiger partial charge in [-0.05, 0) is 36.8 Å². The van der Waals surface area contributed by atoms with Crippen molar-refractivity contribution in [2.75, 3.05) is 18.9 Å². The Morgan fingerprint density at radius 2 is 1.91 bits per heavy atom.